The molecule has 2 atom stereocenters. The largest absolute Gasteiger partial charge is 0.480 e. The second kappa shape index (κ2) is 11.1. The maximum absolute atomic E-state index is 13.3. The van der Waals surface area contributed by atoms with E-state index in [4.69, 9.17) is 4.74 Å². The highest BCUT2D eigenvalue weighted by Gasteiger charge is 2.54. The number of rotatable bonds is 8. The molecule has 3 aromatic rings. The van der Waals surface area contributed by atoms with Crippen molar-refractivity contribution in [1.29, 1.82) is 0 Å². The third-order valence-electron chi connectivity index (χ3n) is 6.10. The van der Waals surface area contributed by atoms with Gasteiger partial charge in [0.05, 0.1) is 5.92 Å². The van der Waals surface area contributed by atoms with Crippen LogP contribution in [-0.4, -0.2) is 50.5 Å². The van der Waals surface area contributed by atoms with Gasteiger partial charge in [-0.25, -0.2) is 14.6 Å². The van der Waals surface area contributed by atoms with Crippen LogP contribution in [0.5, 0.6) is 0 Å². The van der Waals surface area contributed by atoms with Gasteiger partial charge >= 0.3 is 12.1 Å². The first-order valence-electron chi connectivity index (χ1n) is 12.2. The van der Waals surface area contributed by atoms with E-state index < -0.39 is 41.4 Å². The number of benzene rings is 2. The number of nitrogens with zero attached hydrogens (tertiary/aromatic N) is 2. The normalized spacial score (nSPS) is 17.2. The molecule has 1 aliphatic rings. The van der Waals surface area contributed by atoms with Gasteiger partial charge in [-0.2, -0.15) is 0 Å². The lowest BCUT2D eigenvalue weighted by Gasteiger charge is -2.43. The molecule has 0 aliphatic carbocycles. The molecule has 1 fully saturated rings. The standard InChI is InChI=1S/C28H29N3O6S/c1-28(2,3)37-27(36)30-26-29-16-19(38-26)14-21-23(25(34)35)31(24(21)33)22(32)15-20(17-10-6-4-7-11-17)18-12-8-5-9-13-18/h4-13,16,20-21,23H,14-15H2,1-3H3,(H,34,35)(H,29,30,36)/t21-,23+/m1/s1. The molecule has 0 spiro atoms. The lowest BCUT2D eigenvalue weighted by atomic mass is 9.82. The van der Waals surface area contributed by atoms with Crippen LogP contribution in [0.3, 0.4) is 0 Å². The number of nitrogens with one attached hydrogen (secondary N) is 1. The summed E-state index contributed by atoms with van der Waals surface area (Å²) in [6.07, 6.45) is 0.869. The zero-order valence-electron chi connectivity index (χ0n) is 21.3. The highest BCUT2D eigenvalue weighted by molar-refractivity contribution is 7.15. The number of carboxylic acid groups (broad SMARTS) is 1. The molecule has 4 rings (SSSR count). The molecule has 1 aromatic heterocycles. The summed E-state index contributed by atoms with van der Waals surface area (Å²) in [6.45, 7) is 5.22. The predicted octanol–water partition coefficient (Wildman–Crippen LogP) is 4.69. The third kappa shape index (κ3) is 6.25. The lowest BCUT2D eigenvalue weighted by molar-refractivity contribution is -0.177. The smallest absolute Gasteiger partial charge is 0.413 e. The average Bonchev–Trinajstić information content (AvgIpc) is 3.30. The molecule has 0 bridgehead atoms. The summed E-state index contributed by atoms with van der Waals surface area (Å²) in [5, 5.41) is 12.7. The number of likely N-dealkylation sites (tertiary alicyclic amines) is 1. The molecule has 10 heteroatoms. The van der Waals surface area contributed by atoms with Gasteiger partial charge in [0.2, 0.25) is 11.8 Å². The summed E-state index contributed by atoms with van der Waals surface area (Å²) in [5.74, 6) is -3.53. The first kappa shape index (κ1) is 27.0. The Morgan fingerprint density at radius 3 is 2.16 bits per heavy atom. The molecule has 0 unspecified atom stereocenters. The van der Waals surface area contributed by atoms with Gasteiger partial charge in [-0.15, -0.1) is 11.3 Å². The van der Waals surface area contributed by atoms with E-state index in [1.807, 2.05) is 60.7 Å². The number of aromatic nitrogens is 1. The number of carbonyl (C=O) groups is 4. The molecule has 198 valence electrons. The molecule has 2 heterocycles. The number of amides is 3. The summed E-state index contributed by atoms with van der Waals surface area (Å²) in [7, 11) is 0. The molecule has 2 aromatic carbocycles. The molecule has 0 radical (unpaired) electrons. The fourth-order valence-corrected chi connectivity index (χ4v) is 5.30. The predicted molar refractivity (Wildman–Crippen MR) is 142 cm³/mol. The Hall–Kier alpha value is -4.05. The van der Waals surface area contributed by atoms with Gasteiger partial charge in [0.15, 0.2) is 5.13 Å². The van der Waals surface area contributed by atoms with Gasteiger partial charge in [-0.05, 0) is 38.3 Å². The average molecular weight is 536 g/mol. The maximum atomic E-state index is 13.3. The van der Waals surface area contributed by atoms with Gasteiger partial charge < -0.3 is 9.84 Å². The minimum Gasteiger partial charge on any atom is -0.480 e. The fourth-order valence-electron chi connectivity index (χ4n) is 4.45. The van der Waals surface area contributed by atoms with E-state index in [-0.39, 0.29) is 23.9 Å². The number of imide groups is 1. The number of carboxylic acids is 1. The van der Waals surface area contributed by atoms with Crippen molar-refractivity contribution in [2.75, 3.05) is 5.32 Å². The van der Waals surface area contributed by atoms with Gasteiger partial charge in [0.25, 0.3) is 0 Å². The Morgan fingerprint density at radius 2 is 1.63 bits per heavy atom. The summed E-state index contributed by atoms with van der Waals surface area (Å²) < 4.78 is 5.21. The minimum absolute atomic E-state index is 0.0409. The molecule has 38 heavy (non-hydrogen) atoms. The summed E-state index contributed by atoms with van der Waals surface area (Å²) in [5.41, 5.74) is 1.13. The Labute approximate surface area is 224 Å². The van der Waals surface area contributed by atoms with Gasteiger partial charge in [-0.3, -0.25) is 19.8 Å². The van der Waals surface area contributed by atoms with E-state index in [0.717, 1.165) is 27.4 Å². The fraction of sp³-hybridized carbons (Fsp3) is 0.321. The van der Waals surface area contributed by atoms with Crippen molar-refractivity contribution in [1.82, 2.24) is 9.88 Å². The van der Waals surface area contributed by atoms with Crippen molar-refractivity contribution in [3.63, 3.8) is 0 Å². The van der Waals surface area contributed by atoms with E-state index >= 15 is 0 Å². The molecular weight excluding hydrogens is 506 g/mol. The number of ether oxygens (including phenoxy) is 1. The van der Waals surface area contributed by atoms with Gasteiger partial charge in [-0.1, -0.05) is 60.7 Å². The highest BCUT2D eigenvalue weighted by Crippen LogP contribution is 2.36. The molecule has 1 saturated heterocycles. The van der Waals surface area contributed by atoms with Gasteiger partial charge in [0, 0.05) is 23.4 Å². The van der Waals surface area contributed by atoms with Crippen LogP contribution in [0.2, 0.25) is 0 Å². The van der Waals surface area contributed by atoms with Gasteiger partial charge in [0.1, 0.15) is 11.6 Å². The molecule has 2 N–H and O–H groups in total. The summed E-state index contributed by atoms with van der Waals surface area (Å²) >= 11 is 1.12. The quantitative estimate of drug-likeness (QED) is 0.401. The minimum atomic E-state index is -1.27. The molecule has 9 nitrogen and oxygen atoms in total. The van der Waals surface area contributed by atoms with Crippen molar-refractivity contribution in [3.8, 4) is 0 Å². The number of hydrogen-bond acceptors (Lipinski definition) is 7. The number of β-lactam (4-membered cyclic amide) rings is 1. The van der Waals surface area contributed by atoms with Crippen LogP contribution in [0.25, 0.3) is 0 Å². The molecule has 1 aliphatic heterocycles. The molecule has 3 amide bonds. The zero-order chi connectivity index (χ0) is 27.4. The van der Waals surface area contributed by atoms with Crippen molar-refractivity contribution in [2.24, 2.45) is 5.92 Å². The third-order valence-corrected chi connectivity index (χ3v) is 7.04. The van der Waals surface area contributed by atoms with E-state index in [0.29, 0.717) is 4.88 Å². The number of anilines is 1. The van der Waals surface area contributed by atoms with Crippen LogP contribution in [0, 0.1) is 5.92 Å². The van der Waals surface area contributed by atoms with Crippen molar-refractivity contribution in [2.45, 2.75) is 51.2 Å². The van der Waals surface area contributed by atoms with E-state index in [2.05, 4.69) is 10.3 Å². The topological polar surface area (TPSA) is 126 Å². The zero-order valence-corrected chi connectivity index (χ0v) is 22.1. The van der Waals surface area contributed by atoms with Crippen LogP contribution in [0.1, 0.15) is 49.1 Å². The Bertz CT molecular complexity index is 1280. The van der Waals surface area contributed by atoms with Crippen LogP contribution in [-0.2, 0) is 25.5 Å². The SMILES string of the molecule is CC(C)(C)OC(=O)Nc1ncc(C[C@H]2C(=O)N(C(=O)CC(c3ccccc3)c3ccccc3)[C@@H]2C(=O)O)s1. The van der Waals surface area contributed by atoms with Crippen LogP contribution in [0.15, 0.2) is 66.9 Å². The van der Waals surface area contributed by atoms with E-state index in [9.17, 15) is 24.3 Å². The second-order valence-corrected chi connectivity index (χ2v) is 11.1. The number of aliphatic carboxylic acids is 1. The first-order chi connectivity index (χ1) is 18.0. The first-order valence-corrected chi connectivity index (χ1v) is 13.0. The monoisotopic (exact) mass is 535 g/mol. The van der Waals surface area contributed by atoms with Crippen LogP contribution in [0.4, 0.5) is 9.93 Å². The van der Waals surface area contributed by atoms with Crippen molar-refractivity contribution < 1.29 is 29.0 Å². The Balaban J connectivity index is 1.46. The van der Waals surface area contributed by atoms with Crippen LogP contribution >= 0.6 is 11.3 Å². The summed E-state index contributed by atoms with van der Waals surface area (Å²) in [4.78, 5) is 56.1. The Morgan fingerprint density at radius 1 is 1.05 bits per heavy atom. The number of thiazole rings is 1. The molecular formula is C28H29N3O6S. The molecule has 0 saturated carbocycles. The van der Waals surface area contributed by atoms with E-state index in [1.165, 1.54) is 6.20 Å². The number of carbonyl (C=O) groups excluding carboxylic acids is 3. The van der Waals surface area contributed by atoms with E-state index in [1.54, 1.807) is 20.8 Å². The van der Waals surface area contributed by atoms with Crippen LogP contribution < -0.4 is 5.32 Å². The number of hydrogen-bond donors (Lipinski definition) is 2. The van der Waals surface area contributed by atoms with Crippen molar-refractivity contribution >= 4 is 40.3 Å². The Kier molecular flexibility index (Phi) is 7.91. The highest BCUT2D eigenvalue weighted by atomic mass is 32.1. The van der Waals surface area contributed by atoms with Crippen molar-refractivity contribution in [3.05, 3.63) is 82.9 Å². The lowest BCUT2D eigenvalue weighted by Crippen LogP contribution is -2.66. The summed E-state index contributed by atoms with van der Waals surface area (Å²) in [6, 6.07) is 17.6. The second-order valence-electron chi connectivity index (χ2n) is 10.0. The maximum Gasteiger partial charge on any atom is 0.413 e.